The zero-order valence-corrected chi connectivity index (χ0v) is 11.6. The van der Waals surface area contributed by atoms with E-state index in [0.717, 1.165) is 6.20 Å². The summed E-state index contributed by atoms with van der Waals surface area (Å²) in [6.07, 6.45) is 1.01. The number of aromatic amines is 1. The zero-order chi connectivity index (χ0) is 15.9. The molecule has 0 saturated carbocycles. The van der Waals surface area contributed by atoms with E-state index >= 15 is 0 Å². The van der Waals surface area contributed by atoms with Gasteiger partial charge in [-0.3, -0.25) is 20.0 Å². The lowest BCUT2D eigenvalue weighted by molar-refractivity contribution is -0.384. The van der Waals surface area contributed by atoms with Crippen molar-refractivity contribution in [2.75, 3.05) is 0 Å². The SMILES string of the molecule is CCn1c(=O)c(-c2[nH]ncc2[N+](=O)[O-])c(O)c2ccccc21. The summed E-state index contributed by atoms with van der Waals surface area (Å²) in [5, 5.41) is 28.0. The van der Waals surface area contributed by atoms with E-state index in [-0.39, 0.29) is 22.7 Å². The van der Waals surface area contributed by atoms with Crippen molar-refractivity contribution in [3.63, 3.8) is 0 Å². The second-order valence-corrected chi connectivity index (χ2v) is 4.68. The van der Waals surface area contributed by atoms with Gasteiger partial charge in [-0.25, -0.2) is 0 Å². The van der Waals surface area contributed by atoms with Gasteiger partial charge in [0, 0.05) is 11.9 Å². The van der Waals surface area contributed by atoms with Crippen LogP contribution in [0.25, 0.3) is 22.2 Å². The van der Waals surface area contributed by atoms with Crippen LogP contribution in [0, 0.1) is 10.1 Å². The van der Waals surface area contributed by atoms with Gasteiger partial charge < -0.3 is 9.67 Å². The van der Waals surface area contributed by atoms with Crippen LogP contribution in [0.3, 0.4) is 0 Å². The molecule has 3 rings (SSSR count). The van der Waals surface area contributed by atoms with Crippen molar-refractivity contribution in [2.45, 2.75) is 13.5 Å². The van der Waals surface area contributed by atoms with Crippen LogP contribution in [0.2, 0.25) is 0 Å². The Morgan fingerprint density at radius 3 is 2.82 bits per heavy atom. The van der Waals surface area contributed by atoms with Crippen LogP contribution in [-0.4, -0.2) is 24.8 Å². The highest BCUT2D eigenvalue weighted by Gasteiger charge is 2.26. The van der Waals surface area contributed by atoms with Crippen LogP contribution in [-0.2, 0) is 6.54 Å². The molecule has 0 amide bonds. The highest BCUT2D eigenvalue weighted by Crippen LogP contribution is 2.35. The van der Waals surface area contributed by atoms with Crippen LogP contribution in [0.15, 0.2) is 35.3 Å². The maximum Gasteiger partial charge on any atom is 0.315 e. The average molecular weight is 300 g/mol. The zero-order valence-electron chi connectivity index (χ0n) is 11.6. The summed E-state index contributed by atoms with van der Waals surface area (Å²) in [5.41, 5.74) is -0.542. The maximum atomic E-state index is 12.6. The third kappa shape index (κ3) is 1.85. The molecule has 112 valence electrons. The first-order valence-electron chi connectivity index (χ1n) is 6.58. The van der Waals surface area contributed by atoms with E-state index in [4.69, 9.17) is 0 Å². The number of nitrogens with zero attached hydrogens (tertiary/aromatic N) is 3. The molecule has 0 unspecified atom stereocenters. The molecule has 2 aromatic heterocycles. The molecule has 0 saturated heterocycles. The molecule has 2 N–H and O–H groups in total. The van der Waals surface area contributed by atoms with Gasteiger partial charge in [0.2, 0.25) is 0 Å². The van der Waals surface area contributed by atoms with Gasteiger partial charge in [-0.15, -0.1) is 0 Å². The van der Waals surface area contributed by atoms with E-state index in [1.807, 2.05) is 0 Å². The Labute approximate surface area is 123 Å². The number of fused-ring (bicyclic) bond motifs is 1. The molecular formula is C14H12N4O4. The van der Waals surface area contributed by atoms with Crippen molar-refractivity contribution in [1.82, 2.24) is 14.8 Å². The van der Waals surface area contributed by atoms with Crippen molar-refractivity contribution < 1.29 is 10.0 Å². The summed E-state index contributed by atoms with van der Waals surface area (Å²) in [6, 6.07) is 6.84. The summed E-state index contributed by atoms with van der Waals surface area (Å²) < 4.78 is 1.45. The molecule has 0 bridgehead atoms. The second-order valence-electron chi connectivity index (χ2n) is 4.68. The topological polar surface area (TPSA) is 114 Å². The largest absolute Gasteiger partial charge is 0.506 e. The van der Waals surface area contributed by atoms with Gasteiger partial charge in [0.15, 0.2) is 5.69 Å². The lowest BCUT2D eigenvalue weighted by Crippen LogP contribution is -2.22. The average Bonchev–Trinajstić information content (AvgIpc) is 2.97. The lowest BCUT2D eigenvalue weighted by Gasteiger charge is -2.12. The molecule has 1 aromatic carbocycles. The Kier molecular flexibility index (Phi) is 3.13. The van der Waals surface area contributed by atoms with E-state index in [9.17, 15) is 20.0 Å². The van der Waals surface area contributed by atoms with Crippen molar-refractivity contribution in [3.8, 4) is 17.0 Å². The predicted molar refractivity (Wildman–Crippen MR) is 79.8 cm³/mol. The van der Waals surface area contributed by atoms with Crippen molar-refractivity contribution >= 4 is 16.6 Å². The number of hydrogen-bond acceptors (Lipinski definition) is 5. The quantitative estimate of drug-likeness (QED) is 0.567. The highest BCUT2D eigenvalue weighted by molar-refractivity contribution is 5.92. The number of hydrogen-bond donors (Lipinski definition) is 2. The Balaban J connectivity index is 2.47. The first-order valence-corrected chi connectivity index (χ1v) is 6.58. The van der Waals surface area contributed by atoms with Crippen molar-refractivity contribution in [2.24, 2.45) is 0 Å². The van der Waals surface area contributed by atoms with Crippen LogP contribution in [0.5, 0.6) is 5.75 Å². The Bertz CT molecular complexity index is 942. The predicted octanol–water partition coefficient (Wildman–Crippen LogP) is 2.03. The number of pyridine rings is 1. The Morgan fingerprint density at radius 2 is 2.14 bits per heavy atom. The fraction of sp³-hybridized carbons (Fsp3) is 0.143. The van der Waals surface area contributed by atoms with E-state index < -0.39 is 10.5 Å². The minimum atomic E-state index is -0.650. The summed E-state index contributed by atoms with van der Waals surface area (Å²) in [6.45, 7) is 2.16. The smallest absolute Gasteiger partial charge is 0.315 e. The van der Waals surface area contributed by atoms with Gasteiger partial charge in [0.05, 0.1) is 10.4 Å². The van der Waals surface area contributed by atoms with Gasteiger partial charge in [-0.05, 0) is 19.1 Å². The third-order valence-corrected chi connectivity index (χ3v) is 3.53. The Morgan fingerprint density at radius 1 is 1.41 bits per heavy atom. The molecule has 0 spiro atoms. The van der Waals surface area contributed by atoms with Crippen LogP contribution >= 0.6 is 0 Å². The molecular weight excluding hydrogens is 288 g/mol. The number of rotatable bonds is 3. The number of aromatic nitrogens is 3. The molecule has 0 atom stereocenters. The summed E-state index contributed by atoms with van der Waals surface area (Å²) in [7, 11) is 0. The lowest BCUT2D eigenvalue weighted by atomic mass is 10.1. The normalized spacial score (nSPS) is 11.0. The standard InChI is InChI=1S/C14H12N4O4/c1-2-17-9-6-4-3-5-8(9)13(19)11(14(17)20)12-10(18(21)22)7-15-16-12/h3-7,19H,2H2,1H3,(H,15,16). The number of nitro groups is 1. The molecule has 22 heavy (non-hydrogen) atoms. The van der Waals surface area contributed by atoms with Gasteiger partial charge in [0.25, 0.3) is 5.56 Å². The third-order valence-electron chi connectivity index (χ3n) is 3.53. The van der Waals surface area contributed by atoms with Gasteiger partial charge >= 0.3 is 5.69 Å². The number of benzene rings is 1. The molecule has 0 radical (unpaired) electrons. The van der Waals surface area contributed by atoms with E-state index in [2.05, 4.69) is 10.2 Å². The molecule has 0 fully saturated rings. The Hall–Kier alpha value is -3.16. The summed E-state index contributed by atoms with van der Waals surface area (Å²) in [4.78, 5) is 23.0. The summed E-state index contributed by atoms with van der Waals surface area (Å²) >= 11 is 0. The fourth-order valence-electron chi connectivity index (χ4n) is 2.53. The number of para-hydroxylation sites is 1. The number of aromatic hydroxyl groups is 1. The number of H-pyrrole nitrogens is 1. The maximum absolute atomic E-state index is 12.6. The van der Waals surface area contributed by atoms with Gasteiger partial charge in [-0.1, -0.05) is 12.1 Å². The van der Waals surface area contributed by atoms with Crippen molar-refractivity contribution in [1.29, 1.82) is 0 Å². The minimum Gasteiger partial charge on any atom is -0.506 e. The summed E-state index contributed by atoms with van der Waals surface area (Å²) in [5.74, 6) is -0.294. The van der Waals surface area contributed by atoms with E-state index in [0.29, 0.717) is 17.4 Å². The molecule has 0 aliphatic heterocycles. The fourth-order valence-corrected chi connectivity index (χ4v) is 2.53. The van der Waals surface area contributed by atoms with Gasteiger partial charge in [-0.2, -0.15) is 5.10 Å². The number of nitrogens with one attached hydrogen (secondary N) is 1. The van der Waals surface area contributed by atoms with Crippen molar-refractivity contribution in [3.05, 3.63) is 50.9 Å². The number of aryl methyl sites for hydroxylation is 1. The first-order chi connectivity index (χ1) is 10.6. The van der Waals surface area contributed by atoms with Crippen LogP contribution in [0.1, 0.15) is 6.92 Å². The minimum absolute atomic E-state index is 0.0968. The molecule has 3 aromatic rings. The van der Waals surface area contributed by atoms with Crippen LogP contribution < -0.4 is 5.56 Å². The molecule has 8 nitrogen and oxygen atoms in total. The monoisotopic (exact) mass is 300 g/mol. The molecule has 8 heteroatoms. The van der Waals surface area contributed by atoms with E-state index in [1.165, 1.54) is 4.57 Å². The molecule has 0 aliphatic carbocycles. The molecule has 0 aliphatic rings. The first kappa shape index (κ1) is 13.8. The second kappa shape index (κ2) is 4.99. The van der Waals surface area contributed by atoms with Gasteiger partial charge in [0.1, 0.15) is 17.5 Å². The highest BCUT2D eigenvalue weighted by atomic mass is 16.6. The van der Waals surface area contributed by atoms with Crippen LogP contribution in [0.4, 0.5) is 5.69 Å². The van der Waals surface area contributed by atoms with E-state index in [1.54, 1.807) is 31.2 Å². The molecule has 2 heterocycles.